The standard InChI is InChI=1S/C41H58O8/c1-23(33(42)46-37(5,6)7)25(3)41(26(4)24(2)34(43)47-38(8,9)10)31-21-27(35(44)48-39(11,12)13)17-19-29(31)30-20-18-28(22-32(30)41)36(45)49-40(14,15)16/h17-26H,1-16H3. The number of carbonyl (C=O) groups excluding carboxylic acids is 4. The molecule has 0 bridgehead atoms. The number of carbonyl (C=O) groups is 4. The Morgan fingerprint density at radius 1 is 0.490 bits per heavy atom. The van der Waals surface area contributed by atoms with Gasteiger partial charge in [-0.05, 0) is 141 Å². The lowest BCUT2D eigenvalue weighted by Crippen LogP contribution is -2.49. The fraction of sp³-hybridized carbons (Fsp3) is 0.610. The van der Waals surface area contributed by atoms with Crippen molar-refractivity contribution >= 4 is 23.9 Å². The van der Waals surface area contributed by atoms with Crippen molar-refractivity contribution in [1.82, 2.24) is 0 Å². The van der Waals surface area contributed by atoms with Gasteiger partial charge in [0.1, 0.15) is 22.4 Å². The Morgan fingerprint density at radius 3 is 1.04 bits per heavy atom. The van der Waals surface area contributed by atoms with E-state index in [9.17, 15) is 19.2 Å². The van der Waals surface area contributed by atoms with Crippen LogP contribution >= 0.6 is 0 Å². The maximum absolute atomic E-state index is 13.8. The first-order valence-corrected chi connectivity index (χ1v) is 17.3. The Kier molecular flexibility index (Phi) is 11.0. The Bertz CT molecular complexity index is 1470. The van der Waals surface area contributed by atoms with Crippen molar-refractivity contribution in [2.24, 2.45) is 23.7 Å². The average molecular weight is 679 g/mol. The Labute approximate surface area is 293 Å². The minimum Gasteiger partial charge on any atom is -0.460 e. The zero-order valence-corrected chi connectivity index (χ0v) is 32.5. The first kappa shape index (κ1) is 39.8. The predicted octanol–water partition coefficient (Wildman–Crippen LogP) is 9.09. The zero-order chi connectivity index (χ0) is 37.7. The molecule has 2 aromatic rings. The lowest BCUT2D eigenvalue weighted by molar-refractivity contribution is -0.163. The quantitative estimate of drug-likeness (QED) is 0.201. The lowest BCUT2D eigenvalue weighted by Gasteiger charge is -2.47. The van der Waals surface area contributed by atoms with Crippen LogP contribution in [-0.2, 0) is 34.0 Å². The topological polar surface area (TPSA) is 105 Å². The molecule has 0 amide bonds. The van der Waals surface area contributed by atoms with E-state index < -0.39 is 75.4 Å². The first-order chi connectivity index (χ1) is 22.1. The van der Waals surface area contributed by atoms with Gasteiger partial charge in [0.2, 0.25) is 0 Å². The van der Waals surface area contributed by atoms with Gasteiger partial charge >= 0.3 is 23.9 Å². The highest BCUT2D eigenvalue weighted by molar-refractivity contribution is 5.95. The number of fused-ring (bicyclic) bond motifs is 3. The molecule has 0 N–H and O–H groups in total. The fourth-order valence-corrected chi connectivity index (χ4v) is 6.70. The number of hydrogen-bond acceptors (Lipinski definition) is 8. The van der Waals surface area contributed by atoms with Crippen molar-refractivity contribution in [1.29, 1.82) is 0 Å². The smallest absolute Gasteiger partial charge is 0.338 e. The van der Waals surface area contributed by atoms with Crippen LogP contribution in [0.2, 0.25) is 0 Å². The molecule has 0 fully saturated rings. The van der Waals surface area contributed by atoms with Crippen LogP contribution in [0.4, 0.5) is 0 Å². The van der Waals surface area contributed by atoms with Crippen LogP contribution < -0.4 is 0 Å². The molecule has 0 spiro atoms. The van der Waals surface area contributed by atoms with E-state index >= 15 is 0 Å². The third-order valence-corrected chi connectivity index (χ3v) is 8.98. The van der Waals surface area contributed by atoms with Crippen molar-refractivity contribution < 1.29 is 38.1 Å². The second-order valence-electron chi connectivity index (χ2n) is 17.6. The molecule has 270 valence electrons. The summed E-state index contributed by atoms with van der Waals surface area (Å²) >= 11 is 0. The van der Waals surface area contributed by atoms with E-state index in [1.807, 2.05) is 135 Å². The largest absolute Gasteiger partial charge is 0.460 e. The van der Waals surface area contributed by atoms with E-state index in [0.29, 0.717) is 11.1 Å². The maximum Gasteiger partial charge on any atom is 0.338 e. The molecule has 1 aliphatic carbocycles. The minimum absolute atomic E-state index is 0.340. The van der Waals surface area contributed by atoms with E-state index in [1.54, 1.807) is 12.1 Å². The van der Waals surface area contributed by atoms with Crippen LogP contribution in [0.15, 0.2) is 36.4 Å². The number of esters is 4. The van der Waals surface area contributed by atoms with Crippen molar-refractivity contribution in [2.75, 3.05) is 0 Å². The van der Waals surface area contributed by atoms with Crippen LogP contribution in [0.1, 0.15) is 143 Å². The molecule has 2 aromatic carbocycles. The van der Waals surface area contributed by atoms with Gasteiger partial charge in [-0.1, -0.05) is 39.8 Å². The average Bonchev–Trinajstić information content (AvgIpc) is 3.21. The van der Waals surface area contributed by atoms with Crippen LogP contribution in [-0.4, -0.2) is 46.3 Å². The van der Waals surface area contributed by atoms with E-state index in [1.165, 1.54) is 0 Å². The van der Waals surface area contributed by atoms with Crippen molar-refractivity contribution in [3.63, 3.8) is 0 Å². The fourth-order valence-electron chi connectivity index (χ4n) is 6.70. The molecule has 1 aliphatic rings. The molecule has 3 rings (SSSR count). The normalized spacial score (nSPS) is 16.7. The number of ether oxygens (including phenoxy) is 4. The van der Waals surface area contributed by atoms with Gasteiger partial charge in [-0.2, -0.15) is 0 Å². The van der Waals surface area contributed by atoms with Crippen LogP contribution in [0.25, 0.3) is 11.1 Å². The highest BCUT2D eigenvalue weighted by atomic mass is 16.6. The van der Waals surface area contributed by atoms with Crippen molar-refractivity contribution in [3.8, 4) is 11.1 Å². The molecule has 8 nitrogen and oxygen atoms in total. The monoisotopic (exact) mass is 678 g/mol. The zero-order valence-electron chi connectivity index (χ0n) is 32.5. The second kappa shape index (κ2) is 13.6. The minimum atomic E-state index is -1.08. The van der Waals surface area contributed by atoms with Crippen LogP contribution in [0.3, 0.4) is 0 Å². The van der Waals surface area contributed by atoms with Gasteiger partial charge in [0.15, 0.2) is 0 Å². The SMILES string of the molecule is CC(C(=O)OC(C)(C)C)C(C)C1(C(C)C(C)C(=O)OC(C)(C)C)c2cc(C(=O)OC(C)(C)C)ccc2-c2ccc(C(=O)OC(C)(C)C)cc21. The van der Waals surface area contributed by atoms with Gasteiger partial charge in [0.05, 0.1) is 23.0 Å². The highest BCUT2D eigenvalue weighted by Crippen LogP contribution is 2.60. The Morgan fingerprint density at radius 2 is 0.776 bits per heavy atom. The Hall–Kier alpha value is -3.68. The summed E-state index contributed by atoms with van der Waals surface area (Å²) in [7, 11) is 0. The summed E-state index contributed by atoms with van der Waals surface area (Å²) < 4.78 is 23.4. The van der Waals surface area contributed by atoms with Gasteiger partial charge in [0.25, 0.3) is 0 Å². The highest BCUT2D eigenvalue weighted by Gasteiger charge is 2.56. The van der Waals surface area contributed by atoms with Gasteiger partial charge in [-0.25, -0.2) is 9.59 Å². The van der Waals surface area contributed by atoms with Crippen molar-refractivity contribution in [2.45, 2.75) is 139 Å². The summed E-state index contributed by atoms with van der Waals surface area (Å²) in [6, 6.07) is 10.9. The van der Waals surface area contributed by atoms with Crippen LogP contribution in [0.5, 0.6) is 0 Å². The predicted molar refractivity (Wildman–Crippen MR) is 191 cm³/mol. The van der Waals surface area contributed by atoms with E-state index in [-0.39, 0.29) is 0 Å². The van der Waals surface area contributed by atoms with Gasteiger partial charge in [0, 0.05) is 5.41 Å². The molecule has 8 heteroatoms. The van der Waals surface area contributed by atoms with Gasteiger partial charge < -0.3 is 18.9 Å². The summed E-state index contributed by atoms with van der Waals surface area (Å²) in [5.74, 6) is -4.08. The molecule has 4 atom stereocenters. The number of benzene rings is 2. The Balaban J connectivity index is 2.46. The molecular weight excluding hydrogens is 620 g/mol. The summed E-state index contributed by atoms with van der Waals surface area (Å²) in [5, 5.41) is 0. The van der Waals surface area contributed by atoms with Crippen LogP contribution in [0, 0.1) is 23.7 Å². The molecule has 0 aliphatic heterocycles. The molecule has 0 aromatic heterocycles. The number of rotatable bonds is 8. The van der Waals surface area contributed by atoms with E-state index in [4.69, 9.17) is 18.9 Å². The molecule has 49 heavy (non-hydrogen) atoms. The maximum atomic E-state index is 13.8. The van der Waals surface area contributed by atoms with Gasteiger partial charge in [-0.3, -0.25) is 9.59 Å². The third kappa shape index (κ3) is 8.92. The summed E-state index contributed by atoms with van der Waals surface area (Å²) in [5.41, 5.74) is -0.108. The summed E-state index contributed by atoms with van der Waals surface area (Å²) in [6.07, 6.45) is 0. The first-order valence-electron chi connectivity index (χ1n) is 17.3. The molecule has 0 radical (unpaired) electrons. The molecule has 0 saturated heterocycles. The second-order valence-corrected chi connectivity index (χ2v) is 17.6. The molecule has 0 saturated carbocycles. The summed E-state index contributed by atoms with van der Waals surface area (Å²) in [6.45, 7) is 29.4. The lowest BCUT2D eigenvalue weighted by atomic mass is 9.56. The third-order valence-electron chi connectivity index (χ3n) is 8.98. The number of hydrogen-bond donors (Lipinski definition) is 0. The summed E-state index contributed by atoms with van der Waals surface area (Å²) in [4.78, 5) is 54.7. The van der Waals surface area contributed by atoms with Crippen molar-refractivity contribution in [3.05, 3.63) is 58.7 Å². The molecular formula is C41H58O8. The molecule has 0 heterocycles. The molecule has 4 unspecified atom stereocenters. The van der Waals surface area contributed by atoms with E-state index in [2.05, 4.69) is 0 Å². The van der Waals surface area contributed by atoms with E-state index in [0.717, 1.165) is 22.3 Å². The van der Waals surface area contributed by atoms with Gasteiger partial charge in [-0.15, -0.1) is 0 Å².